The molecule has 0 aliphatic carbocycles. The van der Waals surface area contributed by atoms with E-state index in [1.807, 2.05) is 6.92 Å². The second kappa shape index (κ2) is 5.49. The molecule has 1 heterocycles. The molecule has 0 atom stereocenters. The highest BCUT2D eigenvalue weighted by atomic mass is 16.1. The van der Waals surface area contributed by atoms with Gasteiger partial charge in [0, 0.05) is 25.4 Å². The fraction of sp³-hybridized carbons (Fsp3) is 0.500. The number of nitrogens with zero attached hydrogens (tertiary/aromatic N) is 2. The maximum absolute atomic E-state index is 11.3. The van der Waals surface area contributed by atoms with E-state index in [-0.39, 0.29) is 5.43 Å². The monoisotopic (exact) mass is 206 g/mol. The normalized spacial score (nSPS) is 10.1. The summed E-state index contributed by atoms with van der Waals surface area (Å²) >= 11 is 0. The average Bonchev–Trinajstić information content (AvgIpc) is 2.42. The Kier molecular flexibility index (Phi) is 4.28. The van der Waals surface area contributed by atoms with Crippen molar-refractivity contribution in [2.45, 2.75) is 27.2 Å². The van der Waals surface area contributed by atoms with E-state index >= 15 is 0 Å². The van der Waals surface area contributed by atoms with Gasteiger partial charge in [-0.3, -0.25) is 4.79 Å². The molecule has 0 fully saturated rings. The summed E-state index contributed by atoms with van der Waals surface area (Å²) in [5, 5.41) is 0. The van der Waals surface area contributed by atoms with Crippen LogP contribution in [0.1, 0.15) is 26.3 Å². The van der Waals surface area contributed by atoms with E-state index in [0.29, 0.717) is 0 Å². The molecule has 15 heavy (non-hydrogen) atoms. The van der Waals surface area contributed by atoms with Crippen molar-refractivity contribution in [3.8, 4) is 0 Å². The maximum atomic E-state index is 11.3. The Morgan fingerprint density at radius 1 is 1.27 bits per heavy atom. The van der Waals surface area contributed by atoms with Crippen LogP contribution in [0.4, 0.5) is 5.82 Å². The molecule has 0 spiro atoms. The third-order valence-electron chi connectivity index (χ3n) is 2.48. The van der Waals surface area contributed by atoms with Crippen molar-refractivity contribution in [3.63, 3.8) is 0 Å². The lowest BCUT2D eigenvalue weighted by atomic mass is 10.2. The van der Waals surface area contributed by atoms with Crippen LogP contribution in [0.3, 0.4) is 0 Å². The maximum Gasteiger partial charge on any atom is 0.180 e. The molecule has 0 radical (unpaired) electrons. The van der Waals surface area contributed by atoms with Gasteiger partial charge in [-0.05, 0) is 31.9 Å². The van der Waals surface area contributed by atoms with E-state index in [1.54, 1.807) is 12.3 Å². The van der Waals surface area contributed by atoms with Crippen molar-refractivity contribution in [3.05, 3.63) is 34.1 Å². The summed E-state index contributed by atoms with van der Waals surface area (Å²) in [7, 11) is 0. The summed E-state index contributed by atoms with van der Waals surface area (Å²) in [6, 6.07) is 3.19. The van der Waals surface area contributed by atoms with E-state index in [2.05, 4.69) is 23.7 Å². The molecule has 82 valence electrons. The van der Waals surface area contributed by atoms with Gasteiger partial charge in [0.15, 0.2) is 5.43 Å². The number of hydrogen-bond donors (Lipinski definition) is 0. The lowest BCUT2D eigenvalue weighted by Crippen LogP contribution is -2.23. The zero-order chi connectivity index (χ0) is 11.3. The van der Waals surface area contributed by atoms with Crippen LogP contribution in [0.15, 0.2) is 23.1 Å². The fourth-order valence-corrected chi connectivity index (χ4v) is 1.62. The molecular formula is C12H18N2O. The Balaban J connectivity index is 3.28. The Hall–Kier alpha value is -1.38. The molecule has 0 aliphatic rings. The molecule has 0 bridgehead atoms. The van der Waals surface area contributed by atoms with Gasteiger partial charge in [0.05, 0.1) is 0 Å². The second-order valence-corrected chi connectivity index (χ2v) is 3.37. The van der Waals surface area contributed by atoms with Crippen LogP contribution in [0, 0.1) is 0 Å². The first-order valence-electron chi connectivity index (χ1n) is 5.47. The van der Waals surface area contributed by atoms with Gasteiger partial charge in [-0.15, -0.1) is 0 Å². The van der Waals surface area contributed by atoms with Gasteiger partial charge in [-0.1, -0.05) is 6.92 Å². The largest absolute Gasteiger partial charge is 0.357 e. The Morgan fingerprint density at radius 3 is 2.47 bits per heavy atom. The van der Waals surface area contributed by atoms with Gasteiger partial charge in [0.1, 0.15) is 5.82 Å². The second-order valence-electron chi connectivity index (χ2n) is 3.37. The lowest BCUT2D eigenvalue weighted by molar-refractivity contribution is 0.837. The van der Waals surface area contributed by atoms with Crippen LogP contribution in [0.2, 0.25) is 0 Å². The minimum Gasteiger partial charge on any atom is -0.357 e. The number of aromatic nitrogens is 1. The standard InChI is InChI=1S/C12H18N2O/c1-4-10-9-11(15)7-8-13-12(10)14(5-2)6-3/h7-9H,4-6H2,1-3H3. The lowest BCUT2D eigenvalue weighted by Gasteiger charge is -2.20. The minimum absolute atomic E-state index is 0.0257. The highest BCUT2D eigenvalue weighted by molar-refractivity contribution is 5.45. The SMILES string of the molecule is CCc1cc(=O)ccnc1N(CC)CC. The smallest absolute Gasteiger partial charge is 0.180 e. The predicted octanol–water partition coefficient (Wildman–Crippen LogP) is 1.85. The molecular weight excluding hydrogens is 188 g/mol. The first-order valence-corrected chi connectivity index (χ1v) is 5.47. The number of aryl methyl sites for hydroxylation is 1. The molecule has 0 aliphatic heterocycles. The van der Waals surface area contributed by atoms with E-state index < -0.39 is 0 Å². The van der Waals surface area contributed by atoms with Crippen LogP contribution in [0.25, 0.3) is 0 Å². The topological polar surface area (TPSA) is 33.2 Å². The molecule has 0 unspecified atom stereocenters. The highest BCUT2D eigenvalue weighted by Crippen LogP contribution is 2.14. The average molecular weight is 206 g/mol. The molecule has 0 amide bonds. The Bertz CT molecular complexity index is 372. The van der Waals surface area contributed by atoms with Crippen molar-refractivity contribution in [2.24, 2.45) is 0 Å². The van der Waals surface area contributed by atoms with E-state index in [4.69, 9.17) is 0 Å². The first kappa shape index (κ1) is 11.7. The zero-order valence-electron chi connectivity index (χ0n) is 9.66. The molecule has 0 saturated carbocycles. The number of hydrogen-bond acceptors (Lipinski definition) is 3. The van der Waals surface area contributed by atoms with Crippen LogP contribution < -0.4 is 10.3 Å². The Labute approximate surface area is 90.8 Å². The van der Waals surface area contributed by atoms with Gasteiger partial charge in [0.25, 0.3) is 0 Å². The van der Waals surface area contributed by atoms with Crippen molar-refractivity contribution >= 4 is 5.82 Å². The number of anilines is 1. The van der Waals surface area contributed by atoms with Crippen LogP contribution in [0.5, 0.6) is 0 Å². The van der Waals surface area contributed by atoms with Crippen LogP contribution in [-0.2, 0) is 6.42 Å². The molecule has 0 aromatic carbocycles. The van der Waals surface area contributed by atoms with Crippen LogP contribution >= 0.6 is 0 Å². The zero-order valence-corrected chi connectivity index (χ0v) is 9.66. The van der Waals surface area contributed by atoms with Crippen molar-refractivity contribution in [2.75, 3.05) is 18.0 Å². The summed E-state index contributed by atoms with van der Waals surface area (Å²) in [4.78, 5) is 17.8. The summed E-state index contributed by atoms with van der Waals surface area (Å²) in [6.07, 6.45) is 2.43. The van der Waals surface area contributed by atoms with E-state index in [1.165, 1.54) is 6.07 Å². The molecule has 1 rings (SSSR count). The predicted molar refractivity (Wildman–Crippen MR) is 63.4 cm³/mol. The molecule has 0 N–H and O–H groups in total. The van der Waals surface area contributed by atoms with Crippen LogP contribution in [-0.4, -0.2) is 18.1 Å². The van der Waals surface area contributed by atoms with Gasteiger partial charge in [0.2, 0.25) is 0 Å². The molecule has 0 saturated heterocycles. The van der Waals surface area contributed by atoms with Crippen molar-refractivity contribution in [1.29, 1.82) is 0 Å². The highest BCUT2D eigenvalue weighted by Gasteiger charge is 2.07. The first-order chi connectivity index (χ1) is 7.22. The fourth-order valence-electron chi connectivity index (χ4n) is 1.62. The Morgan fingerprint density at radius 2 is 1.93 bits per heavy atom. The van der Waals surface area contributed by atoms with Crippen molar-refractivity contribution < 1.29 is 0 Å². The molecule has 1 aromatic heterocycles. The summed E-state index contributed by atoms with van der Waals surface area (Å²) < 4.78 is 0. The number of rotatable bonds is 4. The minimum atomic E-state index is 0.0257. The third kappa shape index (κ3) is 2.78. The van der Waals surface area contributed by atoms with Gasteiger partial charge in [-0.25, -0.2) is 4.98 Å². The van der Waals surface area contributed by atoms with Gasteiger partial charge in [-0.2, -0.15) is 0 Å². The third-order valence-corrected chi connectivity index (χ3v) is 2.48. The summed E-state index contributed by atoms with van der Waals surface area (Å²) in [5.41, 5.74) is 1.05. The summed E-state index contributed by atoms with van der Waals surface area (Å²) in [5.74, 6) is 0.935. The molecule has 3 heteroatoms. The molecule has 1 aromatic rings. The van der Waals surface area contributed by atoms with Gasteiger partial charge >= 0.3 is 0 Å². The van der Waals surface area contributed by atoms with Crippen molar-refractivity contribution in [1.82, 2.24) is 4.98 Å². The molecule has 3 nitrogen and oxygen atoms in total. The van der Waals surface area contributed by atoms with E-state index in [0.717, 1.165) is 30.9 Å². The summed E-state index contributed by atoms with van der Waals surface area (Å²) in [6.45, 7) is 8.05. The van der Waals surface area contributed by atoms with Gasteiger partial charge < -0.3 is 4.90 Å². The quantitative estimate of drug-likeness (QED) is 0.753. The van der Waals surface area contributed by atoms with E-state index in [9.17, 15) is 4.79 Å².